The maximum Gasteiger partial charge on any atom is 0.161 e. The van der Waals surface area contributed by atoms with E-state index in [0.717, 1.165) is 16.9 Å². The Labute approximate surface area is 142 Å². The molecule has 5 heteroatoms. The van der Waals surface area contributed by atoms with Gasteiger partial charge in [0.1, 0.15) is 24.0 Å². The van der Waals surface area contributed by atoms with Crippen molar-refractivity contribution in [2.45, 2.75) is 13.8 Å². The van der Waals surface area contributed by atoms with Crippen LogP contribution in [0.25, 0.3) is 0 Å². The summed E-state index contributed by atoms with van der Waals surface area (Å²) in [5.41, 5.74) is 8.69. The van der Waals surface area contributed by atoms with E-state index in [1.165, 1.54) is 5.56 Å². The van der Waals surface area contributed by atoms with Crippen molar-refractivity contribution in [1.82, 2.24) is 0 Å². The number of thiocarbonyl (C=S) groups is 1. The number of benzene rings is 2. The summed E-state index contributed by atoms with van der Waals surface area (Å²) in [6, 6.07) is 11.5. The molecule has 0 unspecified atom stereocenters. The lowest BCUT2D eigenvalue weighted by Gasteiger charge is -2.13. The third-order valence-corrected chi connectivity index (χ3v) is 3.61. The average molecular weight is 331 g/mol. The molecule has 4 nitrogen and oxygen atoms in total. The molecule has 122 valence electrons. The summed E-state index contributed by atoms with van der Waals surface area (Å²) >= 11 is 4.96. The van der Waals surface area contributed by atoms with Crippen LogP contribution in [0.15, 0.2) is 36.4 Å². The minimum atomic E-state index is 0.327. The van der Waals surface area contributed by atoms with Crippen molar-refractivity contribution in [3.63, 3.8) is 0 Å². The first-order chi connectivity index (χ1) is 11.0. The highest BCUT2D eigenvalue weighted by Gasteiger charge is 2.07. The third kappa shape index (κ3) is 4.60. The quantitative estimate of drug-likeness (QED) is 0.622. The highest BCUT2D eigenvalue weighted by Crippen LogP contribution is 2.28. The van der Waals surface area contributed by atoms with Crippen LogP contribution < -0.4 is 19.9 Å². The fraction of sp³-hybridized carbons (Fsp3) is 0.278. The van der Waals surface area contributed by atoms with Crippen LogP contribution in [0.3, 0.4) is 0 Å². The van der Waals surface area contributed by atoms with Gasteiger partial charge in [0.15, 0.2) is 11.5 Å². The fourth-order valence-electron chi connectivity index (χ4n) is 2.20. The Morgan fingerprint density at radius 3 is 2.22 bits per heavy atom. The van der Waals surface area contributed by atoms with Gasteiger partial charge in [0.2, 0.25) is 0 Å². The van der Waals surface area contributed by atoms with Gasteiger partial charge in [0, 0.05) is 5.56 Å². The maximum absolute atomic E-state index is 5.74. The minimum absolute atomic E-state index is 0.327. The summed E-state index contributed by atoms with van der Waals surface area (Å²) in [5.74, 6) is 2.11. The van der Waals surface area contributed by atoms with E-state index in [4.69, 9.17) is 32.2 Å². The molecule has 0 aromatic heterocycles. The lowest BCUT2D eigenvalue weighted by molar-refractivity contribution is 0.210. The molecule has 2 rings (SSSR count). The zero-order valence-corrected chi connectivity index (χ0v) is 14.4. The zero-order chi connectivity index (χ0) is 16.8. The van der Waals surface area contributed by atoms with Crippen LogP contribution in [0.5, 0.6) is 17.2 Å². The molecule has 0 heterocycles. The standard InChI is InChI=1S/C18H21NO3S/c1-12-4-6-15(13(2)10-12)21-8-9-22-16-7-5-14(18(19)23)11-17(16)20-3/h4-7,10-11H,8-9H2,1-3H3,(H2,19,23). The smallest absolute Gasteiger partial charge is 0.161 e. The lowest BCUT2D eigenvalue weighted by Crippen LogP contribution is -2.12. The summed E-state index contributed by atoms with van der Waals surface area (Å²) in [7, 11) is 1.58. The second-order valence-corrected chi connectivity index (χ2v) is 5.64. The third-order valence-electron chi connectivity index (χ3n) is 3.38. The van der Waals surface area contributed by atoms with Crippen molar-refractivity contribution in [2.24, 2.45) is 5.73 Å². The van der Waals surface area contributed by atoms with Crippen LogP contribution in [-0.4, -0.2) is 25.3 Å². The molecule has 2 aromatic carbocycles. The van der Waals surface area contributed by atoms with Crippen molar-refractivity contribution in [1.29, 1.82) is 0 Å². The normalized spacial score (nSPS) is 10.2. The number of nitrogens with two attached hydrogens (primary N) is 1. The van der Waals surface area contributed by atoms with Gasteiger partial charge >= 0.3 is 0 Å². The number of ether oxygens (including phenoxy) is 3. The SMILES string of the molecule is COc1cc(C(N)=S)ccc1OCCOc1ccc(C)cc1C. The zero-order valence-electron chi connectivity index (χ0n) is 13.6. The summed E-state index contributed by atoms with van der Waals surface area (Å²) in [6.45, 7) is 4.95. The van der Waals surface area contributed by atoms with Gasteiger partial charge in [-0.2, -0.15) is 0 Å². The highest BCUT2D eigenvalue weighted by molar-refractivity contribution is 7.80. The van der Waals surface area contributed by atoms with Crippen LogP contribution in [-0.2, 0) is 0 Å². The van der Waals surface area contributed by atoms with Gasteiger partial charge in [-0.25, -0.2) is 0 Å². The number of hydrogen-bond donors (Lipinski definition) is 1. The molecule has 23 heavy (non-hydrogen) atoms. The van der Waals surface area contributed by atoms with E-state index >= 15 is 0 Å². The average Bonchev–Trinajstić information content (AvgIpc) is 2.53. The van der Waals surface area contributed by atoms with E-state index in [1.54, 1.807) is 19.2 Å². The van der Waals surface area contributed by atoms with Gasteiger partial charge in [-0.1, -0.05) is 29.9 Å². The first kappa shape index (κ1) is 17.1. The predicted molar refractivity (Wildman–Crippen MR) is 95.8 cm³/mol. The number of rotatable bonds is 7. The largest absolute Gasteiger partial charge is 0.493 e. The summed E-state index contributed by atoms with van der Waals surface area (Å²) in [4.78, 5) is 0.327. The monoisotopic (exact) mass is 331 g/mol. The van der Waals surface area contributed by atoms with Crippen molar-refractivity contribution in [2.75, 3.05) is 20.3 Å². The fourth-order valence-corrected chi connectivity index (χ4v) is 2.33. The van der Waals surface area contributed by atoms with Crippen LogP contribution in [0.4, 0.5) is 0 Å². The Morgan fingerprint density at radius 2 is 1.61 bits per heavy atom. The molecule has 0 spiro atoms. The van der Waals surface area contributed by atoms with E-state index in [0.29, 0.717) is 29.7 Å². The van der Waals surface area contributed by atoms with E-state index in [9.17, 15) is 0 Å². The number of aryl methyl sites for hydroxylation is 2. The topological polar surface area (TPSA) is 53.7 Å². The summed E-state index contributed by atoms with van der Waals surface area (Å²) < 4.78 is 16.8. The van der Waals surface area contributed by atoms with Gasteiger partial charge in [-0.15, -0.1) is 0 Å². The van der Waals surface area contributed by atoms with Crippen LogP contribution in [0.2, 0.25) is 0 Å². The van der Waals surface area contributed by atoms with E-state index < -0.39 is 0 Å². The van der Waals surface area contributed by atoms with Crippen molar-refractivity contribution in [3.05, 3.63) is 53.1 Å². The lowest BCUT2D eigenvalue weighted by atomic mass is 10.1. The highest BCUT2D eigenvalue weighted by atomic mass is 32.1. The molecule has 0 fully saturated rings. The van der Waals surface area contributed by atoms with Crippen molar-refractivity contribution < 1.29 is 14.2 Å². The molecule has 0 amide bonds. The molecule has 2 aromatic rings. The van der Waals surface area contributed by atoms with Gasteiger partial charge in [-0.3, -0.25) is 0 Å². The maximum atomic E-state index is 5.74. The van der Waals surface area contributed by atoms with Gasteiger partial charge in [0.05, 0.1) is 7.11 Å². The van der Waals surface area contributed by atoms with Crippen LogP contribution >= 0.6 is 12.2 Å². The molecule has 0 atom stereocenters. The molecule has 0 saturated carbocycles. The summed E-state index contributed by atoms with van der Waals surface area (Å²) in [5, 5.41) is 0. The van der Waals surface area contributed by atoms with Gasteiger partial charge < -0.3 is 19.9 Å². The predicted octanol–water partition coefficient (Wildman–Crippen LogP) is 3.40. The Hall–Kier alpha value is -2.27. The number of hydrogen-bond acceptors (Lipinski definition) is 4. The second kappa shape index (κ2) is 7.83. The first-order valence-corrected chi connectivity index (χ1v) is 7.73. The Morgan fingerprint density at radius 1 is 0.957 bits per heavy atom. The van der Waals surface area contributed by atoms with Gasteiger partial charge in [-0.05, 0) is 43.7 Å². The molecular weight excluding hydrogens is 310 g/mol. The Balaban J connectivity index is 1.92. The van der Waals surface area contributed by atoms with E-state index in [2.05, 4.69) is 13.0 Å². The Bertz CT molecular complexity index is 701. The minimum Gasteiger partial charge on any atom is -0.493 e. The molecule has 0 saturated heterocycles. The van der Waals surface area contributed by atoms with E-state index in [1.807, 2.05) is 25.1 Å². The second-order valence-electron chi connectivity index (χ2n) is 5.20. The van der Waals surface area contributed by atoms with Crippen LogP contribution in [0, 0.1) is 13.8 Å². The van der Waals surface area contributed by atoms with Crippen LogP contribution in [0.1, 0.15) is 16.7 Å². The molecule has 2 N–H and O–H groups in total. The number of methoxy groups -OCH3 is 1. The molecular formula is C18H21NO3S. The molecule has 0 aliphatic heterocycles. The molecule has 0 aliphatic carbocycles. The first-order valence-electron chi connectivity index (χ1n) is 7.32. The summed E-state index contributed by atoms with van der Waals surface area (Å²) in [6.07, 6.45) is 0. The van der Waals surface area contributed by atoms with Crippen molar-refractivity contribution >= 4 is 17.2 Å². The van der Waals surface area contributed by atoms with Gasteiger partial charge in [0.25, 0.3) is 0 Å². The van der Waals surface area contributed by atoms with E-state index in [-0.39, 0.29) is 0 Å². The van der Waals surface area contributed by atoms with Crippen molar-refractivity contribution in [3.8, 4) is 17.2 Å². The molecule has 0 radical (unpaired) electrons. The molecule has 0 bridgehead atoms. The molecule has 0 aliphatic rings. The Kier molecular flexibility index (Phi) is 5.82.